The van der Waals surface area contributed by atoms with Crippen LogP contribution < -0.4 is 5.32 Å². The van der Waals surface area contributed by atoms with Crippen molar-refractivity contribution in [3.8, 4) is 0 Å². The van der Waals surface area contributed by atoms with Crippen LogP contribution in [-0.2, 0) is 16.2 Å². The molecular formula is C14H19ClF4N2O2S. The van der Waals surface area contributed by atoms with E-state index in [4.69, 9.17) is 0 Å². The van der Waals surface area contributed by atoms with Crippen LogP contribution in [0.1, 0.15) is 25.3 Å². The zero-order chi connectivity index (χ0) is 17.3. The molecule has 2 rings (SSSR count). The van der Waals surface area contributed by atoms with Crippen molar-refractivity contribution in [3.63, 3.8) is 0 Å². The van der Waals surface area contributed by atoms with Crippen LogP contribution in [0.5, 0.6) is 0 Å². The van der Waals surface area contributed by atoms with Crippen molar-refractivity contribution in [3.05, 3.63) is 29.6 Å². The van der Waals surface area contributed by atoms with Gasteiger partial charge in [-0.05, 0) is 37.6 Å². The molecule has 1 unspecified atom stereocenters. The lowest BCUT2D eigenvalue weighted by Crippen LogP contribution is -2.42. The summed E-state index contributed by atoms with van der Waals surface area (Å²) in [6, 6.07) is 1.26. The zero-order valence-electron chi connectivity index (χ0n) is 12.9. The van der Waals surface area contributed by atoms with Crippen LogP contribution in [0.25, 0.3) is 0 Å². The van der Waals surface area contributed by atoms with Crippen LogP contribution in [0.3, 0.4) is 0 Å². The minimum atomic E-state index is -4.95. The lowest BCUT2D eigenvalue weighted by atomic mass is 10.2. The molecule has 0 aliphatic carbocycles. The van der Waals surface area contributed by atoms with E-state index < -0.39 is 38.5 Å². The maximum absolute atomic E-state index is 13.2. The summed E-state index contributed by atoms with van der Waals surface area (Å²) in [6.45, 7) is 2.86. The molecule has 138 valence electrons. The predicted molar refractivity (Wildman–Crippen MR) is 84.1 cm³/mol. The van der Waals surface area contributed by atoms with Crippen LogP contribution in [-0.4, -0.2) is 38.4 Å². The Bertz CT molecular complexity index is 661. The standard InChI is InChI=1S/C14H18F4N2O2S.ClH/c1-2-7-20(11-5-6-19-9-11)23(21,22)13-4-3-10(15)8-12(13)14(16,17)18;/h3-4,8,11,19H,2,5-7,9H2,1H3;1H. The van der Waals surface area contributed by atoms with Crippen LogP contribution in [0.2, 0.25) is 0 Å². The lowest BCUT2D eigenvalue weighted by molar-refractivity contribution is -0.140. The quantitative estimate of drug-likeness (QED) is 0.786. The highest BCUT2D eigenvalue weighted by molar-refractivity contribution is 7.89. The van der Waals surface area contributed by atoms with Crippen molar-refractivity contribution in [2.24, 2.45) is 0 Å². The fraction of sp³-hybridized carbons (Fsp3) is 0.571. The van der Waals surface area contributed by atoms with E-state index in [1.54, 1.807) is 6.92 Å². The van der Waals surface area contributed by atoms with E-state index in [0.29, 0.717) is 32.0 Å². The molecule has 1 heterocycles. The number of nitrogens with one attached hydrogen (secondary N) is 1. The van der Waals surface area contributed by atoms with Gasteiger partial charge < -0.3 is 5.32 Å². The number of alkyl halides is 3. The Morgan fingerprint density at radius 3 is 2.50 bits per heavy atom. The fourth-order valence-electron chi connectivity index (χ4n) is 2.68. The molecule has 1 aromatic rings. The van der Waals surface area contributed by atoms with E-state index in [1.807, 2.05) is 0 Å². The van der Waals surface area contributed by atoms with E-state index in [-0.39, 0.29) is 25.0 Å². The molecule has 0 spiro atoms. The van der Waals surface area contributed by atoms with Crippen molar-refractivity contribution in [1.82, 2.24) is 9.62 Å². The fourth-order valence-corrected chi connectivity index (χ4v) is 4.62. The third-order valence-electron chi connectivity index (χ3n) is 3.72. The van der Waals surface area contributed by atoms with Crippen molar-refractivity contribution < 1.29 is 26.0 Å². The summed E-state index contributed by atoms with van der Waals surface area (Å²) in [5, 5.41) is 3.00. The van der Waals surface area contributed by atoms with Gasteiger partial charge in [0.25, 0.3) is 0 Å². The first-order chi connectivity index (χ1) is 10.7. The molecule has 1 aromatic carbocycles. The van der Waals surface area contributed by atoms with Gasteiger partial charge in [-0.2, -0.15) is 17.5 Å². The van der Waals surface area contributed by atoms with Gasteiger partial charge in [-0.15, -0.1) is 12.4 Å². The third kappa shape index (κ3) is 4.38. The molecule has 1 fully saturated rings. The van der Waals surface area contributed by atoms with Gasteiger partial charge in [0.2, 0.25) is 10.0 Å². The molecule has 1 aliphatic rings. The van der Waals surface area contributed by atoms with Gasteiger partial charge >= 0.3 is 6.18 Å². The summed E-state index contributed by atoms with van der Waals surface area (Å²) in [4.78, 5) is -0.897. The molecule has 0 bridgehead atoms. The summed E-state index contributed by atoms with van der Waals surface area (Å²) in [5.74, 6) is -1.12. The Morgan fingerprint density at radius 1 is 1.33 bits per heavy atom. The van der Waals surface area contributed by atoms with E-state index in [0.717, 1.165) is 10.4 Å². The number of nitrogens with zero attached hydrogens (tertiary/aromatic N) is 1. The van der Waals surface area contributed by atoms with Crippen LogP contribution >= 0.6 is 12.4 Å². The Morgan fingerprint density at radius 2 is 2.00 bits per heavy atom. The van der Waals surface area contributed by atoms with E-state index in [1.165, 1.54) is 0 Å². The molecule has 10 heteroatoms. The summed E-state index contributed by atoms with van der Waals surface area (Å²) in [6.07, 6.45) is -3.95. The Kier molecular flexibility index (Phi) is 7.04. The van der Waals surface area contributed by atoms with Crippen molar-refractivity contribution in [2.75, 3.05) is 19.6 Å². The summed E-state index contributed by atoms with van der Waals surface area (Å²) in [7, 11) is -4.37. The molecule has 1 N–H and O–H groups in total. The van der Waals surface area contributed by atoms with Crippen molar-refractivity contribution in [1.29, 1.82) is 0 Å². The molecule has 1 aliphatic heterocycles. The highest BCUT2D eigenvalue weighted by atomic mass is 35.5. The molecule has 1 saturated heterocycles. The second-order valence-corrected chi connectivity index (χ2v) is 7.26. The van der Waals surface area contributed by atoms with Crippen molar-refractivity contribution >= 4 is 22.4 Å². The minimum absolute atomic E-state index is 0. The molecule has 0 aromatic heterocycles. The SMILES string of the molecule is CCCN(C1CCNC1)S(=O)(=O)c1ccc(F)cc1C(F)(F)F.Cl. The normalized spacial score (nSPS) is 18.7. The Labute approximate surface area is 144 Å². The summed E-state index contributed by atoms with van der Waals surface area (Å²) >= 11 is 0. The molecule has 0 saturated carbocycles. The molecule has 0 amide bonds. The van der Waals surface area contributed by atoms with Crippen LogP contribution in [0, 0.1) is 5.82 Å². The van der Waals surface area contributed by atoms with E-state index >= 15 is 0 Å². The summed E-state index contributed by atoms with van der Waals surface area (Å²) < 4.78 is 79.2. The Hall–Kier alpha value is -0.900. The average Bonchev–Trinajstić information content (AvgIpc) is 2.97. The van der Waals surface area contributed by atoms with Gasteiger partial charge in [-0.25, -0.2) is 12.8 Å². The largest absolute Gasteiger partial charge is 0.417 e. The van der Waals surface area contributed by atoms with Crippen molar-refractivity contribution in [2.45, 2.75) is 36.9 Å². The third-order valence-corrected chi connectivity index (χ3v) is 5.73. The van der Waals surface area contributed by atoms with Gasteiger partial charge in [-0.1, -0.05) is 6.92 Å². The second kappa shape index (κ2) is 7.99. The first kappa shape index (κ1) is 21.1. The maximum Gasteiger partial charge on any atom is 0.417 e. The molecule has 1 atom stereocenters. The number of benzene rings is 1. The highest BCUT2D eigenvalue weighted by Gasteiger charge is 2.41. The number of hydrogen-bond acceptors (Lipinski definition) is 3. The number of halogens is 5. The van der Waals surface area contributed by atoms with Gasteiger partial charge in [0.15, 0.2) is 0 Å². The number of rotatable bonds is 5. The van der Waals surface area contributed by atoms with Gasteiger partial charge in [-0.3, -0.25) is 0 Å². The van der Waals surface area contributed by atoms with Crippen LogP contribution in [0.4, 0.5) is 17.6 Å². The highest BCUT2D eigenvalue weighted by Crippen LogP contribution is 2.36. The topological polar surface area (TPSA) is 49.4 Å². The predicted octanol–water partition coefficient (Wildman–Crippen LogP) is 3.03. The van der Waals surface area contributed by atoms with E-state index in [9.17, 15) is 26.0 Å². The number of sulfonamides is 1. The lowest BCUT2D eigenvalue weighted by Gasteiger charge is -2.28. The second-order valence-electron chi connectivity index (χ2n) is 5.40. The van der Waals surface area contributed by atoms with Gasteiger partial charge in [0.05, 0.1) is 10.5 Å². The van der Waals surface area contributed by atoms with E-state index in [2.05, 4.69) is 5.32 Å². The molecule has 0 radical (unpaired) electrons. The monoisotopic (exact) mass is 390 g/mol. The van der Waals surface area contributed by atoms with Crippen LogP contribution in [0.15, 0.2) is 23.1 Å². The maximum atomic E-state index is 13.2. The molecule has 24 heavy (non-hydrogen) atoms. The van der Waals surface area contributed by atoms with Gasteiger partial charge in [0, 0.05) is 19.1 Å². The minimum Gasteiger partial charge on any atom is -0.315 e. The average molecular weight is 391 g/mol. The van der Waals surface area contributed by atoms with Gasteiger partial charge in [0.1, 0.15) is 5.82 Å². The molecule has 4 nitrogen and oxygen atoms in total. The zero-order valence-corrected chi connectivity index (χ0v) is 14.6. The Balaban J connectivity index is 0.00000288. The summed E-state index contributed by atoms with van der Waals surface area (Å²) in [5.41, 5.74) is -1.47. The first-order valence-electron chi connectivity index (χ1n) is 7.27. The first-order valence-corrected chi connectivity index (χ1v) is 8.71. The number of hydrogen-bond donors (Lipinski definition) is 1. The smallest absolute Gasteiger partial charge is 0.315 e. The molecular weight excluding hydrogens is 372 g/mol.